The first kappa shape index (κ1) is 42.3. The highest BCUT2D eigenvalue weighted by Gasteiger charge is 2.32. The first-order chi connectivity index (χ1) is 25.3. The molecule has 53 heavy (non-hydrogen) atoms. The second-order valence-electron chi connectivity index (χ2n) is 13.2. The van der Waals surface area contributed by atoms with Gasteiger partial charge in [0.2, 0.25) is 35.4 Å². The van der Waals surface area contributed by atoms with Gasteiger partial charge in [-0.15, -0.1) is 0 Å². The van der Waals surface area contributed by atoms with Gasteiger partial charge in [0.05, 0.1) is 6.04 Å². The number of carbonyl (C=O) groups is 6. The van der Waals surface area contributed by atoms with Gasteiger partial charge in [0.15, 0.2) is 0 Å². The molecule has 0 unspecified atom stereocenters. The van der Waals surface area contributed by atoms with Crippen molar-refractivity contribution in [3.05, 3.63) is 53.1 Å². The molecule has 16 N–H and O–H groups in total. The Labute approximate surface area is 308 Å². The Morgan fingerprint density at radius 1 is 0.830 bits per heavy atom. The number of phenols is 1. The summed E-state index contributed by atoms with van der Waals surface area (Å²) in [6.45, 7) is 2.55. The fourth-order valence-corrected chi connectivity index (χ4v) is 5.91. The number of aryl methyl sites for hydroxylation is 1. The molecule has 290 valence electrons. The molecule has 17 nitrogen and oxygen atoms in total. The average molecular weight is 739 g/mol. The predicted molar refractivity (Wildman–Crippen MR) is 198 cm³/mol. The number of fused-ring (bicyclic) bond motifs is 5. The maximum absolute atomic E-state index is 14.2. The zero-order chi connectivity index (χ0) is 39.1. The number of rotatable bonds is 16. The SMILES string of the molecule is Cc1ccc2cc1C[C@@H](C(=O)N[C@H](CCCN)C(=O)N[C@H](CCC(N)=O)C(=O)NCCN)NC(=O)[C@H](CCCN)NC(=O)[C@@H](N)Cc1cc-2ccc1O. The predicted octanol–water partition coefficient (Wildman–Crippen LogP) is -2.45. The molecule has 0 aliphatic carbocycles. The Hall–Kier alpha value is -5.10. The monoisotopic (exact) mass is 738 g/mol. The van der Waals surface area contributed by atoms with Crippen LogP contribution in [0.2, 0.25) is 0 Å². The first-order valence-electron chi connectivity index (χ1n) is 17.8. The van der Waals surface area contributed by atoms with Crippen LogP contribution in [0.25, 0.3) is 11.1 Å². The summed E-state index contributed by atoms with van der Waals surface area (Å²) in [6.07, 6.45) is 0.627. The van der Waals surface area contributed by atoms with Crippen LogP contribution in [-0.2, 0) is 41.6 Å². The van der Waals surface area contributed by atoms with Gasteiger partial charge >= 0.3 is 0 Å². The van der Waals surface area contributed by atoms with Crippen molar-refractivity contribution in [1.82, 2.24) is 26.6 Å². The van der Waals surface area contributed by atoms with Gasteiger partial charge in [-0.25, -0.2) is 0 Å². The standard InChI is InChI=1S/C36H54N10O7/c1-20-6-7-21-16-23(20)19-29(36(53)44-27(5-3-13-38)34(51)45-28(9-11-31(41)48)33(50)42-15-14-39)46-35(52)26(4-2-12-37)43-32(49)25(40)18-24-17-22(21)8-10-30(24)47/h6-8,10,16-17,25-29,47H,2-5,9,11-15,18-19,37-40H2,1H3,(H2,41,48)(H,42,50)(H,43,49)(H,44,53)(H,45,51)(H,46,52)/t25-,26-,27+,28+,29-/m0/s1. The third-order valence-corrected chi connectivity index (χ3v) is 9.01. The van der Waals surface area contributed by atoms with Crippen molar-refractivity contribution >= 4 is 35.4 Å². The minimum atomic E-state index is -1.24. The zero-order valence-electron chi connectivity index (χ0n) is 30.1. The molecule has 0 fully saturated rings. The van der Waals surface area contributed by atoms with E-state index in [1.165, 1.54) is 6.07 Å². The molecular weight excluding hydrogens is 684 g/mol. The van der Waals surface area contributed by atoms with Gasteiger partial charge in [-0.1, -0.05) is 24.3 Å². The molecule has 2 aromatic rings. The average Bonchev–Trinajstić information content (AvgIpc) is 3.13. The maximum Gasteiger partial charge on any atom is 0.243 e. The molecule has 3 rings (SSSR count). The van der Waals surface area contributed by atoms with Crippen molar-refractivity contribution in [2.24, 2.45) is 28.7 Å². The fourth-order valence-electron chi connectivity index (χ4n) is 5.91. The van der Waals surface area contributed by atoms with Gasteiger partial charge < -0.3 is 60.4 Å². The van der Waals surface area contributed by atoms with Gasteiger partial charge in [-0.2, -0.15) is 0 Å². The van der Waals surface area contributed by atoms with E-state index in [1.807, 2.05) is 25.1 Å². The highest BCUT2D eigenvalue weighted by atomic mass is 16.3. The van der Waals surface area contributed by atoms with Crippen LogP contribution < -0.4 is 55.3 Å². The lowest BCUT2D eigenvalue weighted by molar-refractivity contribution is -0.135. The molecule has 6 amide bonds. The van der Waals surface area contributed by atoms with E-state index in [1.54, 1.807) is 12.1 Å². The quantitative estimate of drug-likeness (QED) is 0.0859. The summed E-state index contributed by atoms with van der Waals surface area (Å²) < 4.78 is 0. The van der Waals surface area contributed by atoms with E-state index < -0.39 is 65.7 Å². The van der Waals surface area contributed by atoms with E-state index in [0.717, 1.165) is 16.7 Å². The molecule has 0 saturated heterocycles. The van der Waals surface area contributed by atoms with E-state index in [-0.39, 0.29) is 70.5 Å². The topological polar surface area (TPSA) is 313 Å². The molecule has 0 radical (unpaired) electrons. The third kappa shape index (κ3) is 12.8. The lowest BCUT2D eigenvalue weighted by Gasteiger charge is -2.27. The molecular formula is C36H54N10O7. The highest BCUT2D eigenvalue weighted by molar-refractivity contribution is 5.96. The van der Waals surface area contributed by atoms with Gasteiger partial charge in [0, 0.05) is 32.4 Å². The van der Waals surface area contributed by atoms with Crippen molar-refractivity contribution in [3.8, 4) is 16.9 Å². The van der Waals surface area contributed by atoms with Crippen molar-refractivity contribution in [2.75, 3.05) is 26.2 Å². The largest absolute Gasteiger partial charge is 0.508 e. The van der Waals surface area contributed by atoms with Crippen LogP contribution in [0.5, 0.6) is 5.75 Å². The molecule has 0 spiro atoms. The molecule has 1 heterocycles. The number of aromatic hydroxyl groups is 1. The van der Waals surface area contributed by atoms with Gasteiger partial charge in [-0.05, 0) is 92.1 Å². The molecule has 0 saturated carbocycles. The summed E-state index contributed by atoms with van der Waals surface area (Å²) in [5.41, 5.74) is 32.0. The molecule has 5 atom stereocenters. The summed E-state index contributed by atoms with van der Waals surface area (Å²) >= 11 is 0. The Kier molecular flexibility index (Phi) is 16.6. The Balaban J connectivity index is 2.02. The zero-order valence-corrected chi connectivity index (χ0v) is 30.1. The van der Waals surface area contributed by atoms with E-state index in [9.17, 15) is 33.9 Å². The Morgan fingerprint density at radius 2 is 1.49 bits per heavy atom. The second-order valence-corrected chi connectivity index (χ2v) is 13.2. The second kappa shape index (κ2) is 20.8. The van der Waals surface area contributed by atoms with Gasteiger partial charge in [-0.3, -0.25) is 28.8 Å². The number of nitrogens with two attached hydrogens (primary N) is 5. The normalized spacial score (nSPS) is 18.6. The summed E-state index contributed by atoms with van der Waals surface area (Å²) in [6, 6.07) is 4.78. The third-order valence-electron chi connectivity index (χ3n) is 9.01. The number of primary amides is 1. The maximum atomic E-state index is 14.2. The number of amides is 6. The summed E-state index contributed by atoms with van der Waals surface area (Å²) in [7, 11) is 0. The lowest BCUT2D eigenvalue weighted by atomic mass is 9.93. The summed E-state index contributed by atoms with van der Waals surface area (Å²) in [4.78, 5) is 79.3. The van der Waals surface area contributed by atoms with Crippen LogP contribution in [-0.4, -0.2) is 96.9 Å². The highest BCUT2D eigenvalue weighted by Crippen LogP contribution is 2.29. The van der Waals surface area contributed by atoms with Crippen molar-refractivity contribution in [3.63, 3.8) is 0 Å². The van der Waals surface area contributed by atoms with E-state index in [2.05, 4.69) is 26.6 Å². The van der Waals surface area contributed by atoms with E-state index >= 15 is 0 Å². The Bertz CT molecular complexity index is 1620. The minimum absolute atomic E-state index is 0.00673. The molecule has 1 aliphatic rings. The van der Waals surface area contributed by atoms with E-state index in [0.29, 0.717) is 24.0 Å². The smallest absolute Gasteiger partial charge is 0.243 e. The summed E-state index contributed by atoms with van der Waals surface area (Å²) in [5, 5.41) is 24.0. The molecule has 17 heteroatoms. The first-order valence-corrected chi connectivity index (χ1v) is 17.8. The number of carbonyl (C=O) groups excluding carboxylic acids is 6. The summed E-state index contributed by atoms with van der Waals surface area (Å²) in [5.74, 6) is -4.01. The lowest BCUT2D eigenvalue weighted by Crippen LogP contribution is -2.59. The van der Waals surface area contributed by atoms with Gasteiger partial charge in [0.1, 0.15) is 29.9 Å². The molecule has 1 aliphatic heterocycles. The Morgan fingerprint density at radius 3 is 2.15 bits per heavy atom. The number of hydrogen-bond acceptors (Lipinski definition) is 11. The van der Waals surface area contributed by atoms with Crippen molar-refractivity contribution < 1.29 is 33.9 Å². The molecule has 0 aromatic heterocycles. The van der Waals surface area contributed by atoms with Crippen LogP contribution in [0, 0.1) is 6.92 Å². The van der Waals surface area contributed by atoms with Crippen molar-refractivity contribution in [2.45, 2.75) is 88.5 Å². The van der Waals surface area contributed by atoms with Crippen LogP contribution in [0.4, 0.5) is 0 Å². The van der Waals surface area contributed by atoms with Crippen molar-refractivity contribution in [1.29, 1.82) is 0 Å². The van der Waals surface area contributed by atoms with Crippen LogP contribution >= 0.6 is 0 Å². The number of benzene rings is 2. The number of nitrogens with one attached hydrogen (secondary N) is 5. The fraction of sp³-hybridized carbons (Fsp3) is 0.500. The minimum Gasteiger partial charge on any atom is -0.508 e. The van der Waals surface area contributed by atoms with Crippen LogP contribution in [0.3, 0.4) is 0 Å². The van der Waals surface area contributed by atoms with Crippen LogP contribution in [0.15, 0.2) is 36.4 Å². The van der Waals surface area contributed by atoms with Gasteiger partial charge in [0.25, 0.3) is 0 Å². The number of phenolic OH excluding ortho intramolecular Hbond substituents is 1. The molecule has 4 bridgehead atoms. The van der Waals surface area contributed by atoms with Crippen LogP contribution in [0.1, 0.15) is 55.2 Å². The molecule has 2 aromatic carbocycles. The number of hydrogen-bond donors (Lipinski definition) is 11. The van der Waals surface area contributed by atoms with E-state index in [4.69, 9.17) is 28.7 Å².